The second-order valence-electron chi connectivity index (χ2n) is 5.40. The Hall–Kier alpha value is -1.72. The van der Waals surface area contributed by atoms with Gasteiger partial charge in [0.25, 0.3) is 0 Å². The van der Waals surface area contributed by atoms with Gasteiger partial charge in [-0.2, -0.15) is 0 Å². The lowest BCUT2D eigenvalue weighted by molar-refractivity contribution is 0.101. The molecular weight excluding hydrogens is 220 g/mol. The third kappa shape index (κ3) is 1.28. The van der Waals surface area contributed by atoms with E-state index in [4.69, 9.17) is 0 Å². The van der Waals surface area contributed by atoms with Crippen molar-refractivity contribution in [2.75, 3.05) is 13.1 Å². The van der Waals surface area contributed by atoms with E-state index in [1.807, 2.05) is 6.92 Å². The van der Waals surface area contributed by atoms with Gasteiger partial charge in [0.2, 0.25) is 0 Å². The topological polar surface area (TPSA) is 8.17 Å². The molecule has 1 saturated heterocycles. The van der Waals surface area contributed by atoms with Crippen LogP contribution >= 0.6 is 0 Å². The fraction of sp³-hybridized carbons (Fsp3) is 0.375. The Morgan fingerprint density at radius 1 is 1.22 bits per heavy atom. The van der Waals surface area contributed by atoms with Crippen molar-refractivity contribution in [3.63, 3.8) is 0 Å². The Kier molecular flexibility index (Phi) is 2.06. The molecular formula is C16H16N2. The van der Waals surface area contributed by atoms with Crippen LogP contribution < -0.4 is 0 Å². The third-order valence-electron chi connectivity index (χ3n) is 4.21. The molecule has 0 saturated carbocycles. The number of hydrogen-bond donors (Lipinski definition) is 0. The smallest absolute Gasteiger partial charge is 0.0618 e. The van der Waals surface area contributed by atoms with Crippen molar-refractivity contribution in [1.82, 2.24) is 9.47 Å². The minimum atomic E-state index is 0.861. The summed E-state index contributed by atoms with van der Waals surface area (Å²) in [4.78, 5) is 2.53. The highest BCUT2D eigenvalue weighted by atomic mass is 15.2. The van der Waals surface area contributed by atoms with E-state index in [-0.39, 0.29) is 0 Å². The van der Waals surface area contributed by atoms with Gasteiger partial charge in [0, 0.05) is 36.8 Å². The van der Waals surface area contributed by atoms with Crippen molar-refractivity contribution in [1.29, 1.82) is 0 Å². The van der Waals surface area contributed by atoms with E-state index < -0.39 is 0 Å². The lowest BCUT2D eigenvalue weighted by Gasteiger charge is -2.36. The van der Waals surface area contributed by atoms with Crippen LogP contribution in [0.2, 0.25) is 0 Å². The molecule has 1 aromatic carbocycles. The normalized spacial score (nSPS) is 24.7. The molecule has 2 bridgehead atoms. The van der Waals surface area contributed by atoms with Gasteiger partial charge in [-0.25, -0.2) is 0 Å². The number of aromatic nitrogens is 1. The van der Waals surface area contributed by atoms with Gasteiger partial charge in [-0.1, -0.05) is 24.1 Å². The number of nitrogens with zero attached hydrogens (tertiary/aromatic N) is 2. The summed E-state index contributed by atoms with van der Waals surface area (Å²) in [5.41, 5.74) is 4.24. The number of benzene rings is 1. The van der Waals surface area contributed by atoms with Crippen molar-refractivity contribution in [2.24, 2.45) is 5.92 Å². The zero-order chi connectivity index (χ0) is 12.1. The summed E-state index contributed by atoms with van der Waals surface area (Å²) in [6.45, 7) is 5.51. The fourth-order valence-corrected chi connectivity index (χ4v) is 3.43. The summed E-state index contributed by atoms with van der Waals surface area (Å²) in [6.07, 6.45) is 1.23. The molecule has 3 aliphatic rings. The predicted molar refractivity (Wildman–Crippen MR) is 73.3 cm³/mol. The second-order valence-corrected chi connectivity index (χ2v) is 5.40. The maximum atomic E-state index is 3.27. The molecule has 2 aromatic rings. The van der Waals surface area contributed by atoms with Crippen LogP contribution in [0.3, 0.4) is 0 Å². The van der Waals surface area contributed by atoms with E-state index in [1.165, 1.54) is 36.1 Å². The Morgan fingerprint density at radius 2 is 2.06 bits per heavy atom. The average Bonchev–Trinajstić information content (AvgIpc) is 2.53. The molecule has 3 aliphatic heterocycles. The van der Waals surface area contributed by atoms with Crippen molar-refractivity contribution in [3.05, 3.63) is 35.5 Å². The van der Waals surface area contributed by atoms with Gasteiger partial charge in [0.05, 0.1) is 5.52 Å². The molecule has 0 N–H and O–H groups in total. The standard InChI is InChI=1S/C16H16N2/c1-2-7-18-15-6-4-3-5-13(15)14-8-12-9-17(10-12)11-16(14)18/h3-6,12H,8-11H2,1H3. The Labute approximate surface area is 107 Å². The highest BCUT2D eigenvalue weighted by Gasteiger charge is 2.34. The maximum absolute atomic E-state index is 3.27. The van der Waals surface area contributed by atoms with Gasteiger partial charge in [0.1, 0.15) is 0 Å². The van der Waals surface area contributed by atoms with Gasteiger partial charge >= 0.3 is 0 Å². The average molecular weight is 236 g/mol. The Balaban J connectivity index is 2.04. The second kappa shape index (κ2) is 3.63. The van der Waals surface area contributed by atoms with Crippen molar-refractivity contribution in [3.8, 4) is 12.0 Å². The van der Waals surface area contributed by atoms with Crippen LogP contribution in [-0.2, 0) is 13.0 Å². The lowest BCUT2D eigenvalue weighted by atomic mass is 9.94. The summed E-state index contributed by atoms with van der Waals surface area (Å²) in [6, 6.07) is 12.0. The molecule has 0 spiro atoms. The van der Waals surface area contributed by atoms with Gasteiger partial charge < -0.3 is 0 Å². The van der Waals surface area contributed by atoms with Crippen molar-refractivity contribution >= 4 is 10.9 Å². The monoisotopic (exact) mass is 236 g/mol. The van der Waals surface area contributed by atoms with Crippen LogP contribution in [0.4, 0.5) is 0 Å². The first kappa shape index (κ1) is 10.2. The summed E-state index contributed by atoms with van der Waals surface area (Å²) in [5, 5.41) is 1.41. The Morgan fingerprint density at radius 3 is 2.89 bits per heavy atom. The van der Waals surface area contributed by atoms with E-state index in [0.29, 0.717) is 0 Å². The summed E-state index contributed by atoms with van der Waals surface area (Å²) < 4.78 is 2.21. The third-order valence-corrected chi connectivity index (χ3v) is 4.21. The number of fused-ring (bicyclic) bond motifs is 1. The molecule has 2 nitrogen and oxygen atoms in total. The lowest BCUT2D eigenvalue weighted by Crippen LogP contribution is -2.44. The van der Waals surface area contributed by atoms with Crippen molar-refractivity contribution in [2.45, 2.75) is 19.9 Å². The zero-order valence-corrected chi connectivity index (χ0v) is 10.6. The van der Waals surface area contributed by atoms with Crippen LogP contribution in [0.5, 0.6) is 0 Å². The molecule has 4 heterocycles. The molecule has 0 unspecified atom stereocenters. The van der Waals surface area contributed by atoms with E-state index in [1.54, 1.807) is 5.56 Å². The minimum absolute atomic E-state index is 0.861. The van der Waals surface area contributed by atoms with E-state index in [9.17, 15) is 0 Å². The highest BCUT2D eigenvalue weighted by Crippen LogP contribution is 2.35. The molecule has 0 atom stereocenters. The predicted octanol–water partition coefficient (Wildman–Crippen LogP) is 2.46. The molecule has 18 heavy (non-hydrogen) atoms. The zero-order valence-electron chi connectivity index (χ0n) is 10.6. The molecule has 0 radical (unpaired) electrons. The van der Waals surface area contributed by atoms with Gasteiger partial charge in [0.15, 0.2) is 0 Å². The minimum Gasteiger partial charge on any atom is -0.297 e. The van der Waals surface area contributed by atoms with Crippen molar-refractivity contribution < 1.29 is 0 Å². The molecule has 2 heteroatoms. The molecule has 1 aromatic heterocycles. The fourth-order valence-electron chi connectivity index (χ4n) is 3.43. The van der Waals surface area contributed by atoms with Gasteiger partial charge in [-0.15, -0.1) is 0 Å². The first-order valence-corrected chi connectivity index (χ1v) is 6.63. The van der Waals surface area contributed by atoms with E-state index in [0.717, 1.165) is 12.5 Å². The van der Waals surface area contributed by atoms with Crippen LogP contribution in [-0.4, -0.2) is 22.6 Å². The number of rotatable bonds is 0. The van der Waals surface area contributed by atoms with E-state index in [2.05, 4.69) is 45.7 Å². The largest absolute Gasteiger partial charge is 0.297 e. The Bertz CT molecular complexity index is 678. The maximum Gasteiger partial charge on any atom is 0.0618 e. The molecule has 90 valence electrons. The number of para-hydroxylation sites is 1. The van der Waals surface area contributed by atoms with Crippen LogP contribution in [0.25, 0.3) is 10.9 Å². The highest BCUT2D eigenvalue weighted by molar-refractivity contribution is 5.86. The SMILES string of the molecule is CC#Cn1c2c(c3ccccc31)CC1CN(C2)C1. The molecule has 0 aliphatic carbocycles. The first-order valence-electron chi connectivity index (χ1n) is 6.63. The summed E-state index contributed by atoms with van der Waals surface area (Å²) in [5.74, 6) is 3.92. The first-order chi connectivity index (χ1) is 8.86. The summed E-state index contributed by atoms with van der Waals surface area (Å²) >= 11 is 0. The quantitative estimate of drug-likeness (QED) is 0.638. The van der Waals surface area contributed by atoms with E-state index >= 15 is 0 Å². The van der Waals surface area contributed by atoms with Crippen LogP contribution in [0, 0.1) is 17.9 Å². The van der Waals surface area contributed by atoms with Crippen LogP contribution in [0.15, 0.2) is 24.3 Å². The summed E-state index contributed by atoms with van der Waals surface area (Å²) in [7, 11) is 0. The molecule has 1 fully saturated rings. The van der Waals surface area contributed by atoms with Gasteiger partial charge in [-0.05, 0) is 30.9 Å². The molecule has 0 amide bonds. The van der Waals surface area contributed by atoms with Crippen LogP contribution in [0.1, 0.15) is 18.2 Å². The number of hydrogen-bond acceptors (Lipinski definition) is 1. The molecule has 5 rings (SSSR count). The van der Waals surface area contributed by atoms with Gasteiger partial charge in [-0.3, -0.25) is 9.47 Å².